The zero-order valence-electron chi connectivity index (χ0n) is 19.0. The van der Waals surface area contributed by atoms with Gasteiger partial charge in [0.05, 0.1) is 21.3 Å². The average Bonchev–Trinajstić information content (AvgIpc) is 3.25. The van der Waals surface area contributed by atoms with E-state index in [4.69, 9.17) is 0 Å². The van der Waals surface area contributed by atoms with Crippen LogP contribution in [0.5, 0.6) is 17.2 Å². The van der Waals surface area contributed by atoms with E-state index in [1.807, 2.05) is 12.1 Å². The molecule has 3 heterocycles. The molecule has 0 amide bonds. The molecule has 0 bridgehead atoms. The number of para-hydroxylation sites is 1. The molecule has 0 atom stereocenters. The highest BCUT2D eigenvalue weighted by Crippen LogP contribution is 2.32. The summed E-state index contributed by atoms with van der Waals surface area (Å²) >= 11 is 3.48. The molecule has 5 rings (SSSR count). The van der Waals surface area contributed by atoms with Crippen LogP contribution in [0.1, 0.15) is 12.8 Å². The number of phenols is 3. The number of nitrogens with zero attached hydrogens (tertiary/aromatic N) is 4. The highest BCUT2D eigenvalue weighted by molar-refractivity contribution is 9.10. The van der Waals surface area contributed by atoms with Crippen LogP contribution < -0.4 is 5.32 Å². The van der Waals surface area contributed by atoms with Gasteiger partial charge in [-0.15, -0.1) is 0 Å². The van der Waals surface area contributed by atoms with Crippen LogP contribution in [0.25, 0.3) is 16.9 Å². The first-order chi connectivity index (χ1) is 17.2. The number of piperidine rings is 1. The molecule has 1 aliphatic rings. The molecule has 1 saturated heterocycles. The Kier molecular flexibility index (Phi) is 6.49. The number of nitrogens with one attached hydrogen (secondary N) is 1. The maximum absolute atomic E-state index is 13.0. The zero-order chi connectivity index (χ0) is 25.4. The van der Waals surface area contributed by atoms with Gasteiger partial charge in [0.15, 0.2) is 17.1 Å². The summed E-state index contributed by atoms with van der Waals surface area (Å²) in [6.07, 6.45) is 2.96. The summed E-state index contributed by atoms with van der Waals surface area (Å²) in [5.74, 6) is 0.233. The largest absolute Gasteiger partial charge is 0.507 e. The lowest BCUT2D eigenvalue weighted by atomic mass is 9.98. The van der Waals surface area contributed by atoms with Gasteiger partial charge in [0.1, 0.15) is 11.6 Å². The number of anilines is 1. The zero-order valence-corrected chi connectivity index (χ0v) is 21.4. The summed E-state index contributed by atoms with van der Waals surface area (Å²) in [7, 11) is -3.77. The Hall–Kier alpha value is -3.35. The number of aromatic hydroxyl groups is 3. The summed E-state index contributed by atoms with van der Waals surface area (Å²) in [5.41, 5.74) is 1.81. The number of phenolic OH excluding ortho intramolecular Hbond substituents is 3. The monoisotopic (exact) mass is 573 g/mol. The number of rotatable bonds is 6. The maximum atomic E-state index is 13.0. The van der Waals surface area contributed by atoms with Crippen molar-refractivity contribution in [1.82, 2.24) is 18.9 Å². The van der Waals surface area contributed by atoms with Gasteiger partial charge in [-0.3, -0.25) is 0 Å². The van der Waals surface area contributed by atoms with Crippen LogP contribution in [-0.2, 0) is 10.0 Å². The Morgan fingerprint density at radius 1 is 1.00 bits per heavy atom. The quantitative estimate of drug-likeness (QED) is 0.255. The molecular weight excluding hydrogens is 550 g/mol. The fraction of sp³-hybridized carbons (Fsp3) is 0.250. The van der Waals surface area contributed by atoms with E-state index in [-0.39, 0.29) is 22.3 Å². The van der Waals surface area contributed by atoms with Crippen molar-refractivity contribution in [1.29, 1.82) is 0 Å². The standard InChI is InChI=1S/C24H24BrN5O5S/c25-18-14-27-30-23(12-19(28-24(18)30)17-3-1-2-4-20(17)31)26-13-15-7-9-29(10-8-15)36(34,35)16-5-6-21(32)22(33)11-16/h1-6,11-12,14-15,26,31-33H,7-10,13H2. The predicted molar refractivity (Wildman–Crippen MR) is 138 cm³/mol. The minimum Gasteiger partial charge on any atom is -0.507 e. The molecular formula is C24H24BrN5O5S. The van der Waals surface area contributed by atoms with Gasteiger partial charge < -0.3 is 20.6 Å². The minimum absolute atomic E-state index is 0.0468. The molecule has 0 aliphatic carbocycles. The van der Waals surface area contributed by atoms with Crippen LogP contribution in [0, 0.1) is 5.92 Å². The lowest BCUT2D eigenvalue weighted by molar-refractivity contribution is 0.282. The van der Waals surface area contributed by atoms with E-state index in [0.717, 1.165) is 10.5 Å². The molecule has 12 heteroatoms. The molecule has 2 aromatic carbocycles. The molecule has 1 fully saturated rings. The van der Waals surface area contributed by atoms with Crippen LogP contribution in [0.3, 0.4) is 0 Å². The third kappa shape index (κ3) is 4.59. The van der Waals surface area contributed by atoms with E-state index in [9.17, 15) is 23.7 Å². The van der Waals surface area contributed by atoms with Crippen molar-refractivity contribution in [2.24, 2.45) is 5.92 Å². The third-order valence-corrected chi connectivity index (χ3v) is 8.79. The first kappa shape index (κ1) is 24.3. The van der Waals surface area contributed by atoms with Crippen LogP contribution in [0.2, 0.25) is 0 Å². The van der Waals surface area contributed by atoms with Crippen molar-refractivity contribution >= 4 is 37.4 Å². The summed E-state index contributed by atoms with van der Waals surface area (Å²) in [6, 6.07) is 12.4. The van der Waals surface area contributed by atoms with Gasteiger partial charge in [-0.1, -0.05) is 12.1 Å². The second-order valence-electron chi connectivity index (χ2n) is 8.65. The molecule has 188 valence electrons. The number of sulfonamides is 1. The summed E-state index contributed by atoms with van der Waals surface area (Å²) in [5, 5.41) is 37.3. The van der Waals surface area contributed by atoms with Gasteiger partial charge in [-0.05, 0) is 59.0 Å². The van der Waals surface area contributed by atoms with Crippen LogP contribution in [0.4, 0.5) is 5.82 Å². The molecule has 2 aromatic heterocycles. The molecule has 4 N–H and O–H groups in total. The average molecular weight is 574 g/mol. The molecule has 0 unspecified atom stereocenters. The summed E-state index contributed by atoms with van der Waals surface area (Å²) in [6.45, 7) is 1.29. The molecule has 10 nitrogen and oxygen atoms in total. The smallest absolute Gasteiger partial charge is 0.243 e. The van der Waals surface area contributed by atoms with E-state index in [0.29, 0.717) is 55.2 Å². The topological polar surface area (TPSA) is 140 Å². The van der Waals surface area contributed by atoms with Crippen LogP contribution in [-0.4, -0.2) is 62.3 Å². The van der Waals surface area contributed by atoms with Crippen LogP contribution in [0.15, 0.2) is 64.1 Å². The highest BCUT2D eigenvalue weighted by Gasteiger charge is 2.30. The first-order valence-electron chi connectivity index (χ1n) is 11.3. The number of benzene rings is 2. The van der Waals surface area contributed by atoms with Crippen molar-refractivity contribution in [3.63, 3.8) is 0 Å². The fourth-order valence-electron chi connectivity index (χ4n) is 4.31. The van der Waals surface area contributed by atoms with E-state index in [1.165, 1.54) is 16.4 Å². The van der Waals surface area contributed by atoms with Crippen molar-refractivity contribution < 1.29 is 23.7 Å². The molecule has 36 heavy (non-hydrogen) atoms. The number of hydrogen-bond donors (Lipinski definition) is 4. The van der Waals surface area contributed by atoms with Crippen molar-refractivity contribution in [2.75, 3.05) is 25.0 Å². The fourth-order valence-corrected chi connectivity index (χ4v) is 6.14. The number of fused-ring (bicyclic) bond motifs is 1. The van der Waals surface area contributed by atoms with Gasteiger partial charge in [0, 0.05) is 37.3 Å². The lowest BCUT2D eigenvalue weighted by Gasteiger charge is -2.31. The molecule has 1 aliphatic heterocycles. The Bertz CT molecular complexity index is 1530. The van der Waals surface area contributed by atoms with Crippen molar-refractivity contribution in [3.8, 4) is 28.5 Å². The summed E-state index contributed by atoms with van der Waals surface area (Å²) < 4.78 is 29.7. The summed E-state index contributed by atoms with van der Waals surface area (Å²) in [4.78, 5) is 4.60. The molecule has 4 aromatic rings. The molecule has 0 radical (unpaired) electrons. The van der Waals surface area contributed by atoms with E-state index in [1.54, 1.807) is 28.9 Å². The normalized spacial score (nSPS) is 15.4. The van der Waals surface area contributed by atoms with Gasteiger partial charge in [-0.25, -0.2) is 13.4 Å². The number of aromatic nitrogens is 3. The Balaban J connectivity index is 1.30. The highest BCUT2D eigenvalue weighted by atomic mass is 79.9. The van der Waals surface area contributed by atoms with E-state index >= 15 is 0 Å². The number of halogens is 1. The lowest BCUT2D eigenvalue weighted by Crippen LogP contribution is -2.39. The van der Waals surface area contributed by atoms with Gasteiger partial charge in [0.25, 0.3) is 0 Å². The van der Waals surface area contributed by atoms with Crippen LogP contribution >= 0.6 is 15.9 Å². The second kappa shape index (κ2) is 9.60. The predicted octanol–water partition coefficient (Wildman–Crippen LogP) is 3.79. The van der Waals surface area contributed by atoms with E-state index < -0.39 is 15.8 Å². The third-order valence-electron chi connectivity index (χ3n) is 6.34. The van der Waals surface area contributed by atoms with E-state index in [2.05, 4.69) is 31.3 Å². The van der Waals surface area contributed by atoms with Crippen molar-refractivity contribution in [3.05, 3.63) is 59.2 Å². The Morgan fingerprint density at radius 2 is 1.75 bits per heavy atom. The van der Waals surface area contributed by atoms with Gasteiger partial charge in [0.2, 0.25) is 10.0 Å². The van der Waals surface area contributed by atoms with Crippen molar-refractivity contribution in [2.45, 2.75) is 17.7 Å². The SMILES string of the molecule is O=S(=O)(c1ccc(O)c(O)c1)N1CCC(CNc2cc(-c3ccccc3O)nc3c(Br)cnn23)CC1. The Morgan fingerprint density at radius 3 is 2.47 bits per heavy atom. The molecule has 0 saturated carbocycles. The maximum Gasteiger partial charge on any atom is 0.243 e. The number of hydrogen-bond acceptors (Lipinski definition) is 8. The molecule has 0 spiro atoms. The first-order valence-corrected chi connectivity index (χ1v) is 13.6. The minimum atomic E-state index is -3.77. The van der Waals surface area contributed by atoms with Gasteiger partial charge in [-0.2, -0.15) is 13.9 Å². The van der Waals surface area contributed by atoms with Gasteiger partial charge >= 0.3 is 0 Å². The second-order valence-corrected chi connectivity index (χ2v) is 11.4. The Labute approximate surface area is 216 Å².